The van der Waals surface area contributed by atoms with Crippen molar-refractivity contribution >= 4 is 23.5 Å². The van der Waals surface area contributed by atoms with Crippen molar-refractivity contribution in [3.05, 3.63) is 42.1 Å². The summed E-state index contributed by atoms with van der Waals surface area (Å²) in [6.45, 7) is 0. The molecule has 0 aliphatic rings. The third-order valence-corrected chi connectivity index (χ3v) is 1.30. The maximum Gasteiger partial charge on any atom is 0.0634 e. The van der Waals surface area contributed by atoms with Gasteiger partial charge in [0.05, 0.1) is 5.16 Å². The molecular formula is C9H7NS. The number of hydrogen-bond acceptors (Lipinski definition) is 2. The maximum atomic E-state index is 4.40. The van der Waals surface area contributed by atoms with E-state index in [1.807, 2.05) is 36.4 Å². The van der Waals surface area contributed by atoms with Crippen molar-refractivity contribution in [1.29, 1.82) is 0 Å². The van der Waals surface area contributed by atoms with Gasteiger partial charge in [0.15, 0.2) is 0 Å². The molecule has 0 bridgehead atoms. The monoisotopic (exact) mass is 161 g/mol. The SMILES string of the molecule is S=C=N/C=C\c1ccccc1. The number of thiocarbonyl (C=S) groups is 1. The number of rotatable bonds is 2. The number of aliphatic imine (C=N–C) groups is 1. The van der Waals surface area contributed by atoms with Gasteiger partial charge in [-0.25, -0.2) is 4.99 Å². The van der Waals surface area contributed by atoms with Gasteiger partial charge in [0, 0.05) is 6.20 Å². The first-order chi connectivity index (χ1) is 5.43. The second kappa shape index (κ2) is 4.56. The van der Waals surface area contributed by atoms with Crippen molar-refractivity contribution < 1.29 is 0 Å². The average Bonchev–Trinajstić information content (AvgIpc) is 2.07. The third kappa shape index (κ3) is 2.89. The first-order valence-corrected chi connectivity index (χ1v) is 3.63. The van der Waals surface area contributed by atoms with E-state index >= 15 is 0 Å². The molecule has 0 heterocycles. The molecule has 0 aliphatic carbocycles. The van der Waals surface area contributed by atoms with Gasteiger partial charge in [0.1, 0.15) is 0 Å². The number of nitrogens with zero attached hydrogens (tertiary/aromatic N) is 1. The standard InChI is InChI=1S/C9H7NS/c11-8-10-7-6-9-4-2-1-3-5-9/h1-7H/b7-6-. The summed E-state index contributed by atoms with van der Waals surface area (Å²) in [5.74, 6) is 0. The van der Waals surface area contributed by atoms with Crippen LogP contribution >= 0.6 is 12.2 Å². The molecule has 2 heteroatoms. The van der Waals surface area contributed by atoms with E-state index in [-0.39, 0.29) is 0 Å². The van der Waals surface area contributed by atoms with Crippen molar-refractivity contribution in [3.63, 3.8) is 0 Å². The Labute approximate surface area is 71.1 Å². The first-order valence-electron chi connectivity index (χ1n) is 3.22. The number of benzene rings is 1. The molecule has 0 unspecified atom stereocenters. The highest BCUT2D eigenvalue weighted by Gasteiger charge is 1.79. The van der Waals surface area contributed by atoms with Crippen LogP contribution in [0.1, 0.15) is 5.56 Å². The van der Waals surface area contributed by atoms with Crippen LogP contribution in [-0.4, -0.2) is 5.16 Å². The molecule has 1 aromatic carbocycles. The summed E-state index contributed by atoms with van der Waals surface area (Å²) in [4.78, 5) is 3.65. The molecule has 0 fully saturated rings. The molecule has 1 nitrogen and oxygen atoms in total. The third-order valence-electron chi connectivity index (χ3n) is 1.19. The highest BCUT2D eigenvalue weighted by atomic mass is 32.1. The molecule has 0 radical (unpaired) electrons. The van der Waals surface area contributed by atoms with E-state index in [9.17, 15) is 0 Å². The molecule has 0 aliphatic heterocycles. The van der Waals surface area contributed by atoms with Crippen LogP contribution in [0.25, 0.3) is 6.08 Å². The Morgan fingerprint density at radius 1 is 1.27 bits per heavy atom. The molecule has 54 valence electrons. The Bertz CT molecular complexity index is 284. The van der Waals surface area contributed by atoms with Gasteiger partial charge in [0.2, 0.25) is 0 Å². The quantitative estimate of drug-likeness (QED) is 0.480. The molecule has 0 saturated heterocycles. The molecule has 0 atom stereocenters. The lowest BCUT2D eigenvalue weighted by molar-refractivity contribution is 1.60. The summed E-state index contributed by atoms with van der Waals surface area (Å²) in [6.07, 6.45) is 3.50. The molecular weight excluding hydrogens is 154 g/mol. The lowest BCUT2D eigenvalue weighted by atomic mass is 10.2. The minimum atomic E-state index is 1.11. The van der Waals surface area contributed by atoms with Crippen LogP contribution in [0.2, 0.25) is 0 Å². The van der Waals surface area contributed by atoms with E-state index in [1.165, 1.54) is 0 Å². The number of isothiocyanates is 1. The van der Waals surface area contributed by atoms with E-state index < -0.39 is 0 Å². The second-order valence-corrected chi connectivity index (χ2v) is 2.13. The van der Waals surface area contributed by atoms with E-state index in [2.05, 4.69) is 22.4 Å². The van der Waals surface area contributed by atoms with Crippen molar-refractivity contribution in [2.24, 2.45) is 4.99 Å². The average molecular weight is 161 g/mol. The fourth-order valence-corrected chi connectivity index (χ4v) is 0.779. The Hall–Kier alpha value is -1.24. The molecule has 0 saturated carbocycles. The summed E-state index contributed by atoms with van der Waals surface area (Å²) < 4.78 is 0. The predicted molar refractivity (Wildman–Crippen MR) is 50.5 cm³/mol. The Kier molecular flexibility index (Phi) is 3.26. The van der Waals surface area contributed by atoms with Crippen molar-refractivity contribution in [1.82, 2.24) is 0 Å². The first kappa shape index (κ1) is 7.86. The maximum absolute atomic E-state index is 4.40. The summed E-state index contributed by atoms with van der Waals surface area (Å²) in [7, 11) is 0. The summed E-state index contributed by atoms with van der Waals surface area (Å²) in [5, 5.41) is 2.26. The van der Waals surface area contributed by atoms with Crippen LogP contribution in [0, 0.1) is 0 Å². The van der Waals surface area contributed by atoms with E-state index in [0.29, 0.717) is 0 Å². The Morgan fingerprint density at radius 2 is 2.00 bits per heavy atom. The van der Waals surface area contributed by atoms with E-state index in [4.69, 9.17) is 0 Å². The Morgan fingerprint density at radius 3 is 2.64 bits per heavy atom. The van der Waals surface area contributed by atoms with E-state index in [0.717, 1.165) is 5.56 Å². The van der Waals surface area contributed by atoms with Gasteiger partial charge in [-0.3, -0.25) is 0 Å². The Balaban J connectivity index is 2.72. The molecule has 1 aromatic rings. The second-order valence-electron chi connectivity index (χ2n) is 1.95. The van der Waals surface area contributed by atoms with Crippen LogP contribution in [-0.2, 0) is 0 Å². The topological polar surface area (TPSA) is 12.4 Å². The normalized spacial score (nSPS) is 9.45. The highest BCUT2D eigenvalue weighted by Crippen LogP contribution is 1.99. The molecule has 0 spiro atoms. The van der Waals surface area contributed by atoms with Crippen LogP contribution in [0.4, 0.5) is 0 Å². The summed E-state index contributed by atoms with van der Waals surface area (Å²) in [5.41, 5.74) is 1.11. The van der Waals surface area contributed by atoms with Gasteiger partial charge >= 0.3 is 0 Å². The zero-order valence-electron chi connectivity index (χ0n) is 5.90. The lowest BCUT2D eigenvalue weighted by Crippen LogP contribution is -1.66. The number of hydrogen-bond donors (Lipinski definition) is 0. The van der Waals surface area contributed by atoms with Gasteiger partial charge in [-0.2, -0.15) is 0 Å². The minimum Gasteiger partial charge on any atom is -0.203 e. The molecule has 0 N–H and O–H groups in total. The largest absolute Gasteiger partial charge is 0.203 e. The highest BCUT2D eigenvalue weighted by molar-refractivity contribution is 7.78. The zero-order chi connectivity index (χ0) is 7.94. The van der Waals surface area contributed by atoms with Crippen LogP contribution in [0.5, 0.6) is 0 Å². The van der Waals surface area contributed by atoms with Crippen LogP contribution in [0.3, 0.4) is 0 Å². The fraction of sp³-hybridized carbons (Fsp3) is 0. The molecule has 0 aromatic heterocycles. The van der Waals surface area contributed by atoms with Crippen molar-refractivity contribution in [3.8, 4) is 0 Å². The van der Waals surface area contributed by atoms with Gasteiger partial charge in [0.25, 0.3) is 0 Å². The minimum absolute atomic E-state index is 1.11. The van der Waals surface area contributed by atoms with Crippen molar-refractivity contribution in [2.75, 3.05) is 0 Å². The van der Waals surface area contributed by atoms with Gasteiger partial charge in [-0.15, -0.1) is 0 Å². The van der Waals surface area contributed by atoms with Gasteiger partial charge in [-0.05, 0) is 23.9 Å². The molecule has 11 heavy (non-hydrogen) atoms. The smallest absolute Gasteiger partial charge is 0.0634 e. The van der Waals surface area contributed by atoms with Crippen LogP contribution in [0.15, 0.2) is 41.5 Å². The zero-order valence-corrected chi connectivity index (χ0v) is 6.71. The summed E-state index contributed by atoms with van der Waals surface area (Å²) in [6, 6.07) is 9.91. The van der Waals surface area contributed by atoms with Crippen molar-refractivity contribution in [2.45, 2.75) is 0 Å². The predicted octanol–water partition coefficient (Wildman–Crippen LogP) is 2.76. The van der Waals surface area contributed by atoms with E-state index in [1.54, 1.807) is 6.20 Å². The lowest BCUT2D eigenvalue weighted by Gasteiger charge is -1.86. The molecule has 1 rings (SSSR count). The van der Waals surface area contributed by atoms with Crippen LogP contribution < -0.4 is 0 Å². The fourth-order valence-electron chi connectivity index (χ4n) is 0.718. The van der Waals surface area contributed by atoms with Gasteiger partial charge < -0.3 is 0 Å². The summed E-state index contributed by atoms with van der Waals surface area (Å²) >= 11 is 4.40. The van der Waals surface area contributed by atoms with Gasteiger partial charge in [-0.1, -0.05) is 30.3 Å². The molecule has 0 amide bonds.